The van der Waals surface area contributed by atoms with Crippen LogP contribution < -0.4 is 21.6 Å². The predicted octanol–water partition coefficient (Wildman–Crippen LogP) is 0.771. The Hall–Kier alpha value is -3.77. The molecule has 1 aliphatic heterocycles. The number of hydrogen-bond donors (Lipinski definition) is 4. The van der Waals surface area contributed by atoms with Crippen LogP contribution in [0.1, 0.15) is 29.8 Å². The molecular formula is C20H21N5O6S. The van der Waals surface area contributed by atoms with Crippen molar-refractivity contribution in [3.63, 3.8) is 0 Å². The zero-order valence-electron chi connectivity index (χ0n) is 17.2. The van der Waals surface area contributed by atoms with Gasteiger partial charge in [0.1, 0.15) is 6.61 Å². The molecule has 2 amide bonds. The fourth-order valence-electron chi connectivity index (χ4n) is 2.63. The number of rotatable bonds is 7. The SMILES string of the molecule is CC(C)(COC(=O)c1ccc2c(c1)C(=NNc1ccc(S(N)(=O)=O)cc1)C(=O)N2)C(N)=O. The van der Waals surface area contributed by atoms with Crippen LogP contribution in [0.2, 0.25) is 0 Å². The van der Waals surface area contributed by atoms with Crippen LogP contribution in [-0.2, 0) is 24.3 Å². The van der Waals surface area contributed by atoms with E-state index in [1.54, 1.807) is 13.8 Å². The Balaban J connectivity index is 1.79. The highest BCUT2D eigenvalue weighted by Crippen LogP contribution is 2.26. The van der Waals surface area contributed by atoms with Gasteiger partial charge in [0.25, 0.3) is 5.91 Å². The van der Waals surface area contributed by atoms with Gasteiger partial charge in [-0.05, 0) is 56.3 Å². The number of nitrogens with two attached hydrogens (primary N) is 2. The molecule has 0 fully saturated rings. The molecule has 6 N–H and O–H groups in total. The van der Waals surface area contributed by atoms with Crippen molar-refractivity contribution in [3.8, 4) is 0 Å². The number of amides is 2. The second-order valence-corrected chi connectivity index (χ2v) is 9.24. The molecule has 2 aromatic carbocycles. The molecule has 0 aliphatic carbocycles. The van der Waals surface area contributed by atoms with E-state index in [0.29, 0.717) is 16.9 Å². The minimum Gasteiger partial charge on any atom is -0.461 e. The topological polar surface area (TPSA) is 183 Å². The molecule has 0 aromatic heterocycles. The number of nitrogens with zero attached hydrogens (tertiary/aromatic N) is 1. The van der Waals surface area contributed by atoms with E-state index < -0.39 is 33.2 Å². The standard InChI is InChI=1S/C20H21N5O6S/c1-20(2,19(21)28)10-31-18(27)11-3-8-15-14(9-11)16(17(26)23-15)25-24-12-4-6-13(7-5-12)32(22,29)30/h3-9,24H,10H2,1-2H3,(H2,21,28)(H2,22,29,30)(H,23,25,26). The Morgan fingerprint density at radius 2 is 1.81 bits per heavy atom. The summed E-state index contributed by atoms with van der Waals surface area (Å²) < 4.78 is 27.8. The highest BCUT2D eigenvalue weighted by Gasteiger charge is 2.29. The molecule has 1 aliphatic rings. The smallest absolute Gasteiger partial charge is 0.338 e. The molecule has 0 radical (unpaired) electrons. The van der Waals surface area contributed by atoms with Crippen molar-refractivity contribution in [1.82, 2.24) is 0 Å². The molecule has 0 unspecified atom stereocenters. The average molecular weight is 459 g/mol. The molecule has 0 saturated carbocycles. The van der Waals surface area contributed by atoms with Crippen LogP contribution in [0.25, 0.3) is 0 Å². The third kappa shape index (κ3) is 4.92. The normalized spacial score (nSPS) is 14.6. The molecule has 0 saturated heterocycles. The van der Waals surface area contributed by atoms with Crippen LogP contribution >= 0.6 is 0 Å². The fourth-order valence-corrected chi connectivity index (χ4v) is 3.15. The van der Waals surface area contributed by atoms with Crippen molar-refractivity contribution in [2.24, 2.45) is 21.4 Å². The quantitative estimate of drug-likeness (QED) is 0.348. The summed E-state index contributed by atoms with van der Waals surface area (Å²) >= 11 is 0. The molecule has 11 nitrogen and oxygen atoms in total. The number of fused-ring (bicyclic) bond motifs is 1. The first-order valence-corrected chi connectivity index (χ1v) is 10.8. The van der Waals surface area contributed by atoms with E-state index in [2.05, 4.69) is 15.8 Å². The van der Waals surface area contributed by atoms with Gasteiger partial charge in [0, 0.05) is 5.56 Å². The minimum absolute atomic E-state index is 0.0163. The third-order valence-corrected chi connectivity index (χ3v) is 5.61. The molecule has 12 heteroatoms. The largest absolute Gasteiger partial charge is 0.461 e. The Kier molecular flexibility index (Phi) is 6.01. The van der Waals surface area contributed by atoms with Gasteiger partial charge < -0.3 is 15.8 Å². The first kappa shape index (κ1) is 22.9. The highest BCUT2D eigenvalue weighted by molar-refractivity contribution is 7.89. The fraction of sp³-hybridized carbons (Fsp3) is 0.200. The molecule has 0 bridgehead atoms. The Morgan fingerprint density at radius 3 is 2.41 bits per heavy atom. The number of primary sulfonamides is 1. The zero-order chi connectivity index (χ0) is 23.7. The summed E-state index contributed by atoms with van der Waals surface area (Å²) in [6.45, 7) is 2.91. The van der Waals surface area contributed by atoms with Gasteiger partial charge in [0.05, 0.1) is 27.2 Å². The van der Waals surface area contributed by atoms with Crippen LogP contribution in [0.4, 0.5) is 11.4 Å². The number of esters is 1. The summed E-state index contributed by atoms with van der Waals surface area (Å²) in [6.07, 6.45) is 0. The number of nitrogens with one attached hydrogen (secondary N) is 2. The van der Waals surface area contributed by atoms with Gasteiger partial charge in [0.15, 0.2) is 5.71 Å². The number of hydrogen-bond acceptors (Lipinski definition) is 8. The van der Waals surface area contributed by atoms with Gasteiger partial charge in [-0.2, -0.15) is 5.10 Å². The number of carbonyl (C=O) groups excluding carboxylic acids is 3. The highest BCUT2D eigenvalue weighted by atomic mass is 32.2. The van der Waals surface area contributed by atoms with Gasteiger partial charge in [0.2, 0.25) is 15.9 Å². The monoisotopic (exact) mass is 459 g/mol. The summed E-state index contributed by atoms with van der Waals surface area (Å²) in [6, 6.07) is 9.91. The molecule has 168 valence electrons. The van der Waals surface area contributed by atoms with Crippen LogP contribution in [0.3, 0.4) is 0 Å². The number of hydrazone groups is 1. The molecule has 3 rings (SSSR count). The summed E-state index contributed by atoms with van der Waals surface area (Å²) in [7, 11) is -3.83. The summed E-state index contributed by atoms with van der Waals surface area (Å²) in [5.74, 6) is -1.78. The van der Waals surface area contributed by atoms with E-state index in [9.17, 15) is 22.8 Å². The minimum atomic E-state index is -3.83. The van der Waals surface area contributed by atoms with Gasteiger partial charge in [-0.25, -0.2) is 18.4 Å². The maximum absolute atomic E-state index is 12.4. The molecule has 0 spiro atoms. The zero-order valence-corrected chi connectivity index (χ0v) is 18.0. The first-order chi connectivity index (χ1) is 14.9. The number of carbonyl (C=O) groups is 3. The number of primary amides is 1. The molecule has 2 aromatic rings. The van der Waals surface area contributed by atoms with Crippen molar-refractivity contribution in [2.45, 2.75) is 18.7 Å². The van der Waals surface area contributed by atoms with E-state index in [1.165, 1.54) is 42.5 Å². The van der Waals surface area contributed by atoms with E-state index in [4.69, 9.17) is 15.6 Å². The van der Waals surface area contributed by atoms with Gasteiger partial charge in [-0.15, -0.1) is 0 Å². The summed E-state index contributed by atoms with van der Waals surface area (Å²) in [5.41, 5.74) is 8.32. The van der Waals surface area contributed by atoms with Gasteiger partial charge in [-0.3, -0.25) is 15.0 Å². The molecule has 32 heavy (non-hydrogen) atoms. The predicted molar refractivity (Wildman–Crippen MR) is 116 cm³/mol. The van der Waals surface area contributed by atoms with E-state index >= 15 is 0 Å². The lowest BCUT2D eigenvalue weighted by atomic mass is 9.94. The van der Waals surface area contributed by atoms with Crippen molar-refractivity contribution in [2.75, 3.05) is 17.3 Å². The molecular weight excluding hydrogens is 438 g/mol. The van der Waals surface area contributed by atoms with Gasteiger partial charge >= 0.3 is 5.97 Å². The van der Waals surface area contributed by atoms with E-state index in [-0.39, 0.29) is 22.8 Å². The summed E-state index contributed by atoms with van der Waals surface area (Å²) in [4.78, 5) is 36.0. The molecule has 0 atom stereocenters. The Morgan fingerprint density at radius 1 is 1.16 bits per heavy atom. The molecule has 1 heterocycles. The van der Waals surface area contributed by atoms with Crippen LogP contribution in [0.5, 0.6) is 0 Å². The van der Waals surface area contributed by atoms with Crippen molar-refractivity contribution < 1.29 is 27.5 Å². The number of benzene rings is 2. The first-order valence-electron chi connectivity index (χ1n) is 9.28. The van der Waals surface area contributed by atoms with Crippen molar-refractivity contribution in [3.05, 3.63) is 53.6 Å². The van der Waals surface area contributed by atoms with Crippen molar-refractivity contribution >= 4 is 44.9 Å². The van der Waals surface area contributed by atoms with Gasteiger partial charge in [-0.1, -0.05) is 0 Å². The lowest BCUT2D eigenvalue weighted by Gasteiger charge is -2.19. The van der Waals surface area contributed by atoms with Crippen LogP contribution in [0, 0.1) is 5.41 Å². The van der Waals surface area contributed by atoms with Crippen LogP contribution in [0.15, 0.2) is 52.5 Å². The number of sulfonamides is 1. The number of ether oxygens (including phenoxy) is 1. The van der Waals surface area contributed by atoms with Crippen LogP contribution in [-0.4, -0.2) is 38.5 Å². The maximum Gasteiger partial charge on any atom is 0.338 e. The lowest BCUT2D eigenvalue weighted by molar-refractivity contribution is -0.128. The maximum atomic E-state index is 12.4. The second-order valence-electron chi connectivity index (χ2n) is 7.68. The Bertz CT molecular complexity index is 1240. The second kappa shape index (κ2) is 8.40. The number of anilines is 2. The Labute approximate surface area is 183 Å². The third-order valence-electron chi connectivity index (χ3n) is 4.68. The van der Waals surface area contributed by atoms with E-state index in [1.807, 2.05) is 0 Å². The summed E-state index contributed by atoms with van der Waals surface area (Å²) in [5, 5.41) is 11.8. The van der Waals surface area contributed by atoms with E-state index in [0.717, 1.165) is 0 Å². The average Bonchev–Trinajstić information content (AvgIpc) is 3.04. The lowest BCUT2D eigenvalue weighted by Crippen LogP contribution is -2.36. The van der Waals surface area contributed by atoms with Crippen molar-refractivity contribution in [1.29, 1.82) is 0 Å².